The molecule has 0 saturated heterocycles. The van der Waals surface area contributed by atoms with Crippen LogP contribution in [0.5, 0.6) is 5.75 Å². The molecular formula is C25H26N2O2. The van der Waals surface area contributed by atoms with E-state index in [-0.39, 0.29) is 11.7 Å². The van der Waals surface area contributed by atoms with E-state index >= 15 is 0 Å². The molecule has 1 aromatic heterocycles. The third-order valence-electron chi connectivity index (χ3n) is 6.07. The minimum absolute atomic E-state index is 0.00734. The van der Waals surface area contributed by atoms with Crippen molar-refractivity contribution < 1.29 is 4.74 Å². The van der Waals surface area contributed by atoms with E-state index < -0.39 is 5.41 Å². The molecule has 148 valence electrons. The first kappa shape index (κ1) is 19.3. The fourth-order valence-corrected chi connectivity index (χ4v) is 4.25. The first-order chi connectivity index (χ1) is 13.9. The van der Waals surface area contributed by atoms with Crippen LogP contribution in [0.1, 0.15) is 48.9 Å². The molecule has 4 heteroatoms. The maximum absolute atomic E-state index is 12.2. The summed E-state index contributed by atoms with van der Waals surface area (Å²) in [5.41, 5.74) is 4.19. The van der Waals surface area contributed by atoms with Crippen molar-refractivity contribution in [3.8, 4) is 11.8 Å². The zero-order valence-corrected chi connectivity index (χ0v) is 17.2. The average molecular weight is 386 g/mol. The van der Waals surface area contributed by atoms with Gasteiger partial charge in [-0.3, -0.25) is 4.79 Å². The van der Waals surface area contributed by atoms with Gasteiger partial charge in [-0.15, -0.1) is 0 Å². The number of H-pyrrole nitrogens is 1. The highest BCUT2D eigenvalue weighted by Crippen LogP contribution is 2.36. The van der Waals surface area contributed by atoms with Gasteiger partial charge in [0.15, 0.2) is 0 Å². The number of ether oxygens (including phenoxy) is 1. The maximum Gasteiger partial charge on any atom is 0.251 e. The SMILES string of the molecule is CCc1cc2ccc([C@](C)(C#N)C[C@@H]3CCc4cc(C)ccc4O3)cc2[nH]c1=O. The lowest BCUT2D eigenvalue weighted by Crippen LogP contribution is -2.32. The minimum Gasteiger partial charge on any atom is -0.490 e. The second kappa shape index (κ2) is 7.40. The number of nitriles is 1. The van der Waals surface area contributed by atoms with E-state index in [0.29, 0.717) is 12.8 Å². The van der Waals surface area contributed by atoms with E-state index in [1.54, 1.807) is 0 Å². The van der Waals surface area contributed by atoms with Crippen molar-refractivity contribution in [1.29, 1.82) is 5.26 Å². The molecule has 4 rings (SSSR count). The number of aryl methyl sites for hydroxylation is 3. The molecule has 2 atom stereocenters. The molecule has 1 N–H and O–H groups in total. The fourth-order valence-electron chi connectivity index (χ4n) is 4.25. The average Bonchev–Trinajstić information content (AvgIpc) is 2.72. The van der Waals surface area contributed by atoms with E-state index in [1.807, 2.05) is 44.2 Å². The number of hydrogen-bond acceptors (Lipinski definition) is 3. The molecule has 3 aromatic rings. The summed E-state index contributed by atoms with van der Waals surface area (Å²) in [5.74, 6) is 0.932. The van der Waals surface area contributed by atoms with Gasteiger partial charge < -0.3 is 9.72 Å². The van der Waals surface area contributed by atoms with Gasteiger partial charge in [-0.2, -0.15) is 5.26 Å². The quantitative estimate of drug-likeness (QED) is 0.689. The summed E-state index contributed by atoms with van der Waals surface area (Å²) < 4.78 is 6.23. The first-order valence-corrected chi connectivity index (χ1v) is 10.3. The van der Waals surface area contributed by atoms with Crippen molar-refractivity contribution in [3.63, 3.8) is 0 Å². The zero-order valence-electron chi connectivity index (χ0n) is 17.2. The van der Waals surface area contributed by atoms with Crippen LogP contribution in [0.2, 0.25) is 0 Å². The Balaban J connectivity index is 1.63. The molecule has 0 radical (unpaired) electrons. The molecule has 2 aromatic carbocycles. The third kappa shape index (κ3) is 3.65. The number of nitrogens with one attached hydrogen (secondary N) is 1. The number of aromatic nitrogens is 1. The van der Waals surface area contributed by atoms with Gasteiger partial charge in [0.05, 0.1) is 11.5 Å². The van der Waals surface area contributed by atoms with Gasteiger partial charge in [-0.05, 0) is 67.8 Å². The molecular weight excluding hydrogens is 360 g/mol. The Hall–Kier alpha value is -3.06. The van der Waals surface area contributed by atoms with E-state index in [1.165, 1.54) is 11.1 Å². The topological polar surface area (TPSA) is 65.9 Å². The van der Waals surface area contributed by atoms with Gasteiger partial charge in [0.2, 0.25) is 0 Å². The molecule has 2 heterocycles. The van der Waals surface area contributed by atoms with E-state index in [9.17, 15) is 10.1 Å². The van der Waals surface area contributed by atoms with Crippen LogP contribution >= 0.6 is 0 Å². The van der Waals surface area contributed by atoms with Crippen LogP contribution < -0.4 is 10.3 Å². The van der Waals surface area contributed by atoms with Crippen molar-refractivity contribution in [1.82, 2.24) is 4.98 Å². The smallest absolute Gasteiger partial charge is 0.251 e. The highest BCUT2D eigenvalue weighted by Gasteiger charge is 2.33. The molecule has 0 bridgehead atoms. The summed E-state index contributed by atoms with van der Waals surface area (Å²) in [7, 11) is 0. The van der Waals surface area contributed by atoms with Gasteiger partial charge >= 0.3 is 0 Å². The number of nitrogens with zero attached hydrogens (tertiary/aromatic N) is 1. The molecule has 0 saturated carbocycles. The monoisotopic (exact) mass is 386 g/mol. The summed E-state index contributed by atoms with van der Waals surface area (Å²) in [4.78, 5) is 15.2. The largest absolute Gasteiger partial charge is 0.490 e. The van der Waals surface area contributed by atoms with Crippen LogP contribution in [0, 0.1) is 18.3 Å². The summed E-state index contributed by atoms with van der Waals surface area (Å²) >= 11 is 0. The Bertz CT molecular complexity index is 1170. The van der Waals surface area contributed by atoms with Gasteiger partial charge in [0.1, 0.15) is 11.9 Å². The molecule has 0 fully saturated rings. The summed E-state index contributed by atoms with van der Waals surface area (Å²) in [6, 6.07) is 16.7. The molecule has 0 amide bonds. The Morgan fingerprint density at radius 2 is 2.07 bits per heavy atom. The molecule has 0 spiro atoms. The summed E-state index contributed by atoms with van der Waals surface area (Å²) in [6.45, 7) is 6.02. The Labute approximate surface area is 171 Å². The molecule has 4 nitrogen and oxygen atoms in total. The number of rotatable bonds is 4. The zero-order chi connectivity index (χ0) is 20.6. The van der Waals surface area contributed by atoms with Crippen molar-refractivity contribution in [2.75, 3.05) is 0 Å². The van der Waals surface area contributed by atoms with Crippen LogP contribution in [0.4, 0.5) is 0 Å². The lowest BCUT2D eigenvalue weighted by Gasteiger charge is -2.32. The first-order valence-electron chi connectivity index (χ1n) is 10.3. The normalized spacial score (nSPS) is 17.8. The van der Waals surface area contributed by atoms with Crippen LogP contribution in [-0.4, -0.2) is 11.1 Å². The Morgan fingerprint density at radius 1 is 1.24 bits per heavy atom. The van der Waals surface area contributed by atoms with Crippen LogP contribution in [-0.2, 0) is 18.3 Å². The van der Waals surface area contributed by atoms with Crippen molar-refractivity contribution in [2.45, 2.75) is 58.0 Å². The molecule has 0 aliphatic carbocycles. The maximum atomic E-state index is 12.2. The lowest BCUT2D eigenvalue weighted by atomic mass is 9.77. The molecule has 29 heavy (non-hydrogen) atoms. The highest BCUT2D eigenvalue weighted by molar-refractivity contribution is 5.80. The number of benzene rings is 2. The van der Waals surface area contributed by atoms with Crippen molar-refractivity contribution in [2.24, 2.45) is 0 Å². The van der Waals surface area contributed by atoms with Gasteiger partial charge in [-0.1, -0.05) is 36.8 Å². The van der Waals surface area contributed by atoms with Gasteiger partial charge in [0, 0.05) is 17.5 Å². The van der Waals surface area contributed by atoms with Crippen LogP contribution in [0.3, 0.4) is 0 Å². The number of pyridine rings is 1. The highest BCUT2D eigenvalue weighted by atomic mass is 16.5. The third-order valence-corrected chi connectivity index (χ3v) is 6.07. The molecule has 0 unspecified atom stereocenters. The summed E-state index contributed by atoms with van der Waals surface area (Å²) in [5, 5.41) is 11.0. The number of fused-ring (bicyclic) bond motifs is 2. The summed E-state index contributed by atoms with van der Waals surface area (Å²) in [6.07, 6.45) is 3.17. The fraction of sp³-hybridized carbons (Fsp3) is 0.360. The minimum atomic E-state index is -0.693. The molecule has 1 aliphatic heterocycles. The standard InChI is InChI=1S/C25H26N2O2/c1-4-17-12-18-6-8-20(13-22(18)27-24(17)28)25(3,15-26)14-21-9-7-19-11-16(2)5-10-23(19)29-21/h5-6,8,10-13,21H,4,7,9,14H2,1-3H3,(H,27,28)/t21-,25-/m0/s1. The number of hydrogen-bond donors (Lipinski definition) is 1. The number of aromatic amines is 1. The lowest BCUT2D eigenvalue weighted by molar-refractivity contribution is 0.146. The van der Waals surface area contributed by atoms with E-state index in [0.717, 1.165) is 40.6 Å². The van der Waals surface area contributed by atoms with Gasteiger partial charge in [-0.25, -0.2) is 0 Å². The van der Waals surface area contributed by atoms with Crippen LogP contribution in [0.25, 0.3) is 10.9 Å². The Kier molecular flexibility index (Phi) is 4.92. The predicted molar refractivity (Wildman–Crippen MR) is 115 cm³/mol. The predicted octanol–water partition coefficient (Wildman–Crippen LogP) is 4.96. The second-order valence-electron chi connectivity index (χ2n) is 8.32. The second-order valence-corrected chi connectivity index (χ2v) is 8.32. The van der Waals surface area contributed by atoms with Crippen molar-refractivity contribution in [3.05, 3.63) is 75.1 Å². The molecule has 1 aliphatic rings. The van der Waals surface area contributed by atoms with E-state index in [2.05, 4.69) is 30.1 Å². The van der Waals surface area contributed by atoms with Crippen molar-refractivity contribution >= 4 is 10.9 Å². The van der Waals surface area contributed by atoms with Crippen LogP contribution in [0.15, 0.2) is 47.3 Å². The van der Waals surface area contributed by atoms with Gasteiger partial charge in [0.25, 0.3) is 5.56 Å². The Morgan fingerprint density at radius 3 is 2.83 bits per heavy atom. The van der Waals surface area contributed by atoms with E-state index in [4.69, 9.17) is 4.74 Å².